The number of rotatable bonds is 19. The second-order valence-electron chi connectivity index (χ2n) is 14.7. The van der Waals surface area contributed by atoms with Crippen molar-refractivity contribution < 1.29 is 38.6 Å². The van der Waals surface area contributed by atoms with Gasteiger partial charge in [-0.25, -0.2) is 9.78 Å². The number of para-hydroxylation sites is 1. The fourth-order valence-corrected chi connectivity index (χ4v) is 6.80. The van der Waals surface area contributed by atoms with Crippen LogP contribution in [0.4, 0.5) is 0 Å². The smallest absolute Gasteiger partial charge is 0.328 e. The van der Waals surface area contributed by atoms with E-state index in [1.807, 2.05) is 61.2 Å². The number of pyridine rings is 1. The van der Waals surface area contributed by atoms with Crippen LogP contribution < -0.4 is 27.0 Å². The maximum atomic E-state index is 13.8. The van der Waals surface area contributed by atoms with Crippen LogP contribution >= 0.6 is 0 Å². The minimum atomic E-state index is -1.37. The average molecular weight is 774 g/mol. The van der Waals surface area contributed by atoms with Crippen molar-refractivity contribution in [3.63, 3.8) is 0 Å². The molecule has 0 aliphatic carbocycles. The van der Waals surface area contributed by atoms with Crippen LogP contribution in [0.15, 0.2) is 66.7 Å². The molecule has 0 saturated carbocycles. The molecule has 1 fully saturated rings. The van der Waals surface area contributed by atoms with Crippen LogP contribution in [0.5, 0.6) is 0 Å². The van der Waals surface area contributed by atoms with Crippen molar-refractivity contribution in [3.8, 4) is 0 Å². The van der Waals surface area contributed by atoms with Crippen LogP contribution in [-0.2, 0) is 35.1 Å². The zero-order valence-electron chi connectivity index (χ0n) is 32.7. The number of amides is 5. The monoisotopic (exact) mass is 773 g/mol. The summed E-state index contributed by atoms with van der Waals surface area (Å²) in [6, 6.07) is 14.9. The summed E-state index contributed by atoms with van der Waals surface area (Å²) in [6.45, 7) is 7.76. The quantitative estimate of drug-likeness (QED) is 0.0967. The van der Waals surface area contributed by atoms with Crippen molar-refractivity contribution in [1.29, 1.82) is 0 Å². The number of likely N-dealkylation sites (tertiary alicyclic amines) is 1. The molecule has 1 aliphatic rings. The normalized spacial score (nSPS) is 17.5. The van der Waals surface area contributed by atoms with E-state index in [-0.39, 0.29) is 30.5 Å². The van der Waals surface area contributed by atoms with Gasteiger partial charge < -0.3 is 36.8 Å². The minimum absolute atomic E-state index is 0.0122. The Morgan fingerprint density at radius 3 is 2.25 bits per heavy atom. The standard InChI is InChI=1S/C41H55N7O8/c1-6-25(4)36(40(54)46-35(24(2)3)41(55)56-5)47-39(53)32-17-12-20-48(32)23-33(49)30(21-26-13-8-7-9-14-26)44-38(52)31(22-34(42)50)45-37(51)29-19-18-27-15-10-11-16-28(27)43-29/h7-11,13-16,18-19,24-25,30-33,35-36,49H,6,12,17,20-23H2,1-5H3,(H2,42,50)(H,44,52)(H,45,51)(H,46,54)(H,47,53)/t25?,30-,31-,32-,33?,35-,36-/m0/s1. The first kappa shape index (κ1) is 43.3. The van der Waals surface area contributed by atoms with Gasteiger partial charge >= 0.3 is 5.97 Å². The third-order valence-corrected chi connectivity index (χ3v) is 10.2. The molecular formula is C41H55N7O8. The van der Waals surface area contributed by atoms with E-state index in [0.29, 0.717) is 31.3 Å². The number of nitrogens with two attached hydrogens (primary N) is 1. The molecule has 1 aromatic heterocycles. The van der Waals surface area contributed by atoms with Gasteiger partial charge in [0.2, 0.25) is 23.6 Å². The fraction of sp³-hybridized carbons (Fsp3) is 0.488. The highest BCUT2D eigenvalue weighted by Crippen LogP contribution is 2.21. The van der Waals surface area contributed by atoms with Crippen LogP contribution in [-0.4, -0.2) is 107 Å². The number of methoxy groups -OCH3 is 1. The van der Waals surface area contributed by atoms with Gasteiger partial charge in [-0.1, -0.05) is 88.7 Å². The van der Waals surface area contributed by atoms with Gasteiger partial charge in [-0.05, 0) is 55.3 Å². The summed E-state index contributed by atoms with van der Waals surface area (Å²) in [5, 5.41) is 23.6. The van der Waals surface area contributed by atoms with Gasteiger partial charge in [-0.2, -0.15) is 0 Å². The highest BCUT2D eigenvalue weighted by atomic mass is 16.5. The van der Waals surface area contributed by atoms with E-state index in [9.17, 15) is 33.9 Å². The Kier molecular flexibility index (Phi) is 15.9. The number of benzene rings is 2. The molecule has 2 heterocycles. The molecule has 15 nitrogen and oxygen atoms in total. The lowest BCUT2D eigenvalue weighted by atomic mass is 9.96. The zero-order valence-corrected chi connectivity index (χ0v) is 32.7. The van der Waals surface area contributed by atoms with Gasteiger partial charge in [-0.3, -0.25) is 28.9 Å². The maximum Gasteiger partial charge on any atom is 0.328 e. The number of β-amino-alcohol motifs (C(OH)–C–C–N with tert-alkyl or cyclic N) is 1. The molecule has 4 rings (SSSR count). The van der Waals surface area contributed by atoms with E-state index in [0.717, 1.165) is 10.9 Å². The van der Waals surface area contributed by atoms with E-state index in [1.54, 1.807) is 32.0 Å². The predicted octanol–water partition coefficient (Wildman–Crippen LogP) is 1.61. The maximum absolute atomic E-state index is 13.8. The Balaban J connectivity index is 1.50. The summed E-state index contributed by atoms with van der Waals surface area (Å²) < 4.78 is 4.87. The molecule has 56 heavy (non-hydrogen) atoms. The molecule has 3 aromatic rings. The number of primary amides is 1. The Labute approximate surface area is 327 Å². The predicted molar refractivity (Wildman–Crippen MR) is 210 cm³/mol. The van der Waals surface area contributed by atoms with E-state index < -0.39 is 78.2 Å². The van der Waals surface area contributed by atoms with E-state index in [4.69, 9.17) is 10.5 Å². The van der Waals surface area contributed by atoms with E-state index in [2.05, 4.69) is 26.3 Å². The second-order valence-corrected chi connectivity index (χ2v) is 14.7. The van der Waals surface area contributed by atoms with Gasteiger partial charge in [0.25, 0.3) is 5.91 Å². The summed E-state index contributed by atoms with van der Waals surface area (Å²) in [5.41, 5.74) is 6.92. The van der Waals surface area contributed by atoms with Crippen LogP contribution in [0.25, 0.3) is 10.9 Å². The second kappa shape index (κ2) is 20.5. The molecule has 302 valence electrons. The van der Waals surface area contributed by atoms with E-state index >= 15 is 0 Å². The molecule has 15 heteroatoms. The Morgan fingerprint density at radius 2 is 1.59 bits per heavy atom. The number of hydrogen-bond acceptors (Lipinski definition) is 10. The number of aliphatic hydroxyl groups excluding tert-OH is 1. The Bertz CT molecular complexity index is 1840. The van der Waals surface area contributed by atoms with Crippen molar-refractivity contribution >= 4 is 46.4 Å². The average Bonchev–Trinajstić information content (AvgIpc) is 3.65. The molecule has 0 radical (unpaired) electrons. The highest BCUT2D eigenvalue weighted by Gasteiger charge is 2.38. The number of nitrogens with one attached hydrogen (secondary N) is 4. The molecule has 1 saturated heterocycles. The first-order valence-electron chi connectivity index (χ1n) is 19.1. The Hall–Kier alpha value is -5.41. The van der Waals surface area contributed by atoms with Crippen molar-refractivity contribution in [3.05, 3.63) is 78.0 Å². The van der Waals surface area contributed by atoms with Crippen LogP contribution in [0, 0.1) is 11.8 Å². The largest absolute Gasteiger partial charge is 0.467 e. The number of carbonyl (C=O) groups is 6. The zero-order chi connectivity index (χ0) is 40.9. The van der Waals surface area contributed by atoms with Gasteiger partial charge in [0.15, 0.2) is 0 Å². The van der Waals surface area contributed by atoms with Crippen molar-refractivity contribution in [1.82, 2.24) is 31.2 Å². The van der Waals surface area contributed by atoms with Gasteiger partial charge in [0.05, 0.1) is 37.2 Å². The van der Waals surface area contributed by atoms with Gasteiger partial charge in [0.1, 0.15) is 23.8 Å². The summed E-state index contributed by atoms with van der Waals surface area (Å²) in [7, 11) is 1.25. The molecular weight excluding hydrogens is 718 g/mol. The van der Waals surface area contributed by atoms with E-state index in [1.165, 1.54) is 13.2 Å². The number of esters is 1. The van der Waals surface area contributed by atoms with Crippen molar-refractivity contribution in [2.24, 2.45) is 17.6 Å². The molecule has 0 bridgehead atoms. The SMILES string of the molecule is CCC(C)[C@H](NC(=O)[C@@H]1CCCN1CC(O)[C@H](Cc1ccccc1)NC(=O)[C@H](CC(N)=O)NC(=O)c1ccc2ccccc2n1)C(=O)N[C@H](C(=O)OC)C(C)C. The topological polar surface area (TPSA) is 222 Å². The lowest BCUT2D eigenvalue weighted by Gasteiger charge is -2.33. The third-order valence-electron chi connectivity index (χ3n) is 10.2. The molecule has 2 aromatic carbocycles. The summed E-state index contributed by atoms with van der Waals surface area (Å²) in [6.07, 6.45) is 0.169. The number of aliphatic hydroxyl groups is 1. The Morgan fingerprint density at radius 1 is 0.893 bits per heavy atom. The van der Waals surface area contributed by atoms with Gasteiger partial charge in [0, 0.05) is 11.9 Å². The highest BCUT2D eigenvalue weighted by molar-refractivity contribution is 5.99. The van der Waals surface area contributed by atoms with Crippen LogP contribution in [0.3, 0.4) is 0 Å². The van der Waals surface area contributed by atoms with Gasteiger partial charge in [-0.15, -0.1) is 0 Å². The molecule has 2 unspecified atom stereocenters. The lowest BCUT2D eigenvalue weighted by Crippen LogP contribution is -2.59. The van der Waals surface area contributed by atoms with Crippen LogP contribution in [0.2, 0.25) is 0 Å². The first-order valence-corrected chi connectivity index (χ1v) is 19.1. The number of fused-ring (bicyclic) bond motifs is 1. The van der Waals surface area contributed by atoms with Crippen LogP contribution in [0.1, 0.15) is 69.4 Å². The number of ether oxygens (including phenoxy) is 1. The molecule has 5 amide bonds. The first-order chi connectivity index (χ1) is 26.7. The number of nitrogens with zero attached hydrogens (tertiary/aromatic N) is 2. The fourth-order valence-electron chi connectivity index (χ4n) is 6.80. The molecule has 0 spiro atoms. The number of hydrogen-bond donors (Lipinski definition) is 6. The third kappa shape index (κ3) is 11.8. The van der Waals surface area contributed by atoms with Crippen molar-refractivity contribution in [2.75, 3.05) is 20.2 Å². The van der Waals surface area contributed by atoms with Crippen molar-refractivity contribution in [2.45, 2.75) is 96.1 Å². The number of carbonyl (C=O) groups excluding carboxylic acids is 6. The summed E-state index contributed by atoms with van der Waals surface area (Å²) >= 11 is 0. The molecule has 7 atom stereocenters. The number of aromatic nitrogens is 1. The molecule has 1 aliphatic heterocycles. The summed E-state index contributed by atoms with van der Waals surface area (Å²) in [5.74, 6) is -4.23. The lowest BCUT2D eigenvalue weighted by molar-refractivity contribution is -0.147. The molecule has 7 N–H and O–H groups in total. The summed E-state index contributed by atoms with van der Waals surface area (Å²) in [4.78, 5) is 85.1. The minimum Gasteiger partial charge on any atom is -0.467 e.